The van der Waals surface area contributed by atoms with Gasteiger partial charge in [0.25, 0.3) is 11.5 Å². The summed E-state index contributed by atoms with van der Waals surface area (Å²) < 4.78 is 45.0. The number of aliphatic hydroxyl groups excluding tert-OH is 1. The number of nitrogens with one attached hydrogen (secondary N) is 4. The topological polar surface area (TPSA) is 283 Å². The third kappa shape index (κ3) is 18.8. The van der Waals surface area contributed by atoms with Crippen molar-refractivity contribution in [2.75, 3.05) is 66.8 Å². The smallest absolute Gasteiger partial charge is 0.412 e. The van der Waals surface area contributed by atoms with Crippen LogP contribution < -0.4 is 36.3 Å². The first kappa shape index (κ1) is 65.3. The lowest BCUT2D eigenvalue weighted by molar-refractivity contribution is -0.181. The summed E-state index contributed by atoms with van der Waals surface area (Å²) >= 11 is 6.42. The van der Waals surface area contributed by atoms with Crippen LogP contribution in [0.15, 0.2) is 95.8 Å². The number of hydrogen-bond acceptors (Lipinski definition) is 17. The fourth-order valence-electron chi connectivity index (χ4n) is 9.16. The van der Waals surface area contributed by atoms with Gasteiger partial charge < -0.3 is 69.2 Å². The number of benzene rings is 4. The molecule has 23 nitrogen and oxygen atoms in total. The van der Waals surface area contributed by atoms with E-state index in [9.17, 15) is 38.7 Å². The second-order valence-corrected chi connectivity index (χ2v) is 20.9. The third-order valence-corrected chi connectivity index (χ3v) is 14.0. The standard InChI is InChI=1S/C60H76ClN7O16/c1-8-45(35-69)83-51(78-7)37-81-58(75)63-27-23-50(70)66-60(24-29-79-30-25-60)56(73)82-40(5)33-64-59(76)84-48-22-17-42(31-49(48)77-6)36-80-57(74)62-26-12-28-67(54(71)43-18-15-39(4)16-19-43)52(38(2)3)53-65-47-32-44(61)20-21-46(47)55(72)68(53)34-41-13-10-9-11-14-41/h9-11,13-22,31-32,38,40,45,51-52,69H,8,12,23-30,33-37H2,1-7H3,(H,62,74)(H,63,75)(H,64,76)(H,66,70)/t40?,45?,51?,52-/m1/s1. The number of nitrogens with zero attached hydrogens (tertiary/aromatic N) is 3. The van der Waals surface area contributed by atoms with Crippen molar-refractivity contribution in [3.05, 3.63) is 134 Å². The molecule has 0 aliphatic carbocycles. The van der Waals surface area contributed by atoms with E-state index in [1.807, 2.05) is 70.2 Å². The SMILES string of the molecule is CCC(CO)OC(COC(=O)NCCC(=O)NC1(C(=O)OC(C)CNC(=O)Oc2ccc(COC(=O)NCCCN(C(=O)c3ccc(C)cc3)[C@@H](c3nc4cc(Cl)ccc4c(=O)n3Cc3ccccc3)C(C)C)cc2OC)CCOCC1)OC. The quantitative estimate of drug-likeness (QED) is 0.0138. The van der Waals surface area contributed by atoms with Crippen LogP contribution in [0.2, 0.25) is 5.02 Å². The van der Waals surface area contributed by atoms with Crippen molar-refractivity contribution >= 4 is 58.6 Å². The van der Waals surface area contributed by atoms with Crippen molar-refractivity contribution in [2.24, 2.45) is 5.92 Å². The first-order valence-electron chi connectivity index (χ1n) is 27.8. The van der Waals surface area contributed by atoms with E-state index < -0.39 is 60.2 Å². The van der Waals surface area contributed by atoms with E-state index in [0.717, 1.165) is 11.1 Å². The predicted molar refractivity (Wildman–Crippen MR) is 310 cm³/mol. The fourth-order valence-corrected chi connectivity index (χ4v) is 9.32. The maximum Gasteiger partial charge on any atom is 0.412 e. The van der Waals surface area contributed by atoms with E-state index in [0.29, 0.717) is 45.7 Å². The van der Waals surface area contributed by atoms with Crippen molar-refractivity contribution in [3.63, 3.8) is 0 Å². The third-order valence-electron chi connectivity index (χ3n) is 13.8. The summed E-state index contributed by atoms with van der Waals surface area (Å²) in [5, 5.41) is 20.7. The number of esters is 1. The molecular formula is C60H76ClN7O16. The van der Waals surface area contributed by atoms with Crippen molar-refractivity contribution in [2.45, 2.75) is 110 Å². The molecule has 5 N–H and O–H groups in total. The first-order valence-corrected chi connectivity index (χ1v) is 28.2. The second-order valence-electron chi connectivity index (χ2n) is 20.4. The van der Waals surface area contributed by atoms with E-state index >= 15 is 0 Å². The van der Waals surface area contributed by atoms with Gasteiger partial charge in [0, 0.05) is 69.8 Å². The molecule has 1 aliphatic heterocycles. The molecule has 0 radical (unpaired) electrons. The molecule has 454 valence electrons. The van der Waals surface area contributed by atoms with Crippen LogP contribution >= 0.6 is 11.6 Å². The highest BCUT2D eigenvalue weighted by atomic mass is 35.5. The number of carbonyl (C=O) groups is 6. The number of rotatable bonds is 29. The van der Waals surface area contributed by atoms with Crippen LogP contribution in [0.3, 0.4) is 0 Å². The van der Waals surface area contributed by atoms with Crippen molar-refractivity contribution in [1.29, 1.82) is 0 Å². The Bertz CT molecular complexity index is 3060. The number of aliphatic hydroxyl groups is 1. The Morgan fingerprint density at radius 1 is 0.845 bits per heavy atom. The number of aromatic nitrogens is 2. The van der Waals surface area contributed by atoms with Crippen LogP contribution in [0.25, 0.3) is 10.9 Å². The number of halogens is 1. The highest BCUT2D eigenvalue weighted by molar-refractivity contribution is 6.31. The molecule has 2 heterocycles. The van der Waals surface area contributed by atoms with Gasteiger partial charge in [0.05, 0.1) is 49.9 Å². The van der Waals surface area contributed by atoms with Gasteiger partial charge in [-0.05, 0) is 86.2 Å². The predicted octanol–water partition coefficient (Wildman–Crippen LogP) is 7.13. The van der Waals surface area contributed by atoms with Crippen molar-refractivity contribution in [1.82, 2.24) is 35.7 Å². The Balaban J connectivity index is 0.994. The summed E-state index contributed by atoms with van der Waals surface area (Å²) in [6.45, 7) is 9.13. The lowest BCUT2D eigenvalue weighted by Gasteiger charge is -2.36. The Morgan fingerprint density at radius 2 is 1.56 bits per heavy atom. The molecule has 0 bridgehead atoms. The second kappa shape index (κ2) is 32.3. The lowest BCUT2D eigenvalue weighted by Crippen LogP contribution is -2.59. The first-order chi connectivity index (χ1) is 40.4. The van der Waals surface area contributed by atoms with Gasteiger partial charge in [-0.25, -0.2) is 24.2 Å². The van der Waals surface area contributed by atoms with Gasteiger partial charge in [-0.3, -0.25) is 19.0 Å². The minimum atomic E-state index is -1.43. The maximum atomic E-state index is 14.6. The zero-order valence-electron chi connectivity index (χ0n) is 48.4. The molecule has 5 amide bonds. The molecule has 4 atom stereocenters. The largest absolute Gasteiger partial charge is 0.493 e. The van der Waals surface area contributed by atoms with Gasteiger partial charge in [-0.15, -0.1) is 0 Å². The van der Waals surface area contributed by atoms with E-state index in [1.54, 1.807) is 52.8 Å². The van der Waals surface area contributed by atoms with Gasteiger partial charge >= 0.3 is 24.2 Å². The molecular weight excluding hydrogens is 1110 g/mol. The van der Waals surface area contributed by atoms with E-state index in [4.69, 9.17) is 54.5 Å². The highest BCUT2D eigenvalue weighted by Gasteiger charge is 2.44. The van der Waals surface area contributed by atoms with Crippen LogP contribution in [0.5, 0.6) is 11.5 Å². The van der Waals surface area contributed by atoms with Crippen molar-refractivity contribution in [3.8, 4) is 11.5 Å². The number of methoxy groups -OCH3 is 2. The van der Waals surface area contributed by atoms with Crippen molar-refractivity contribution < 1.29 is 71.8 Å². The van der Waals surface area contributed by atoms with Gasteiger partial charge in [0.1, 0.15) is 30.7 Å². The molecule has 4 aromatic carbocycles. The zero-order valence-corrected chi connectivity index (χ0v) is 49.2. The number of amides is 5. The van der Waals surface area contributed by atoms with Gasteiger partial charge in [-0.2, -0.15) is 0 Å². The van der Waals surface area contributed by atoms with Crippen LogP contribution in [-0.4, -0.2) is 146 Å². The van der Waals surface area contributed by atoms with Gasteiger partial charge in [0.2, 0.25) is 5.91 Å². The lowest BCUT2D eigenvalue weighted by atomic mass is 9.89. The molecule has 1 aromatic heterocycles. The molecule has 5 aromatic rings. The number of aryl methyl sites for hydroxylation is 1. The average Bonchev–Trinajstić information content (AvgIpc) is 1.58. The molecule has 3 unspecified atom stereocenters. The molecule has 0 spiro atoms. The van der Waals surface area contributed by atoms with E-state index in [-0.39, 0.29) is 114 Å². The Hall–Kier alpha value is -7.83. The van der Waals surface area contributed by atoms with Crippen LogP contribution in [-0.2, 0) is 51.2 Å². The summed E-state index contributed by atoms with van der Waals surface area (Å²) in [7, 11) is 2.74. The molecule has 1 saturated heterocycles. The van der Waals surface area contributed by atoms with E-state index in [1.165, 1.54) is 26.4 Å². The Labute approximate surface area is 492 Å². The highest BCUT2D eigenvalue weighted by Crippen LogP contribution is 2.32. The summed E-state index contributed by atoms with van der Waals surface area (Å²) in [5.41, 5.74) is 1.51. The molecule has 1 aliphatic rings. The monoisotopic (exact) mass is 1190 g/mol. The minimum absolute atomic E-state index is 0.0417. The van der Waals surface area contributed by atoms with Gasteiger partial charge in [0.15, 0.2) is 17.8 Å². The van der Waals surface area contributed by atoms with Crippen LogP contribution in [0.4, 0.5) is 14.4 Å². The summed E-state index contributed by atoms with van der Waals surface area (Å²) in [5.74, 6) is -1.19. The number of carbonyl (C=O) groups excluding carboxylic acids is 6. The summed E-state index contributed by atoms with van der Waals surface area (Å²) in [6, 6.07) is 25.6. The summed E-state index contributed by atoms with van der Waals surface area (Å²) in [6.07, 6.45) is -3.84. The Morgan fingerprint density at radius 3 is 2.24 bits per heavy atom. The molecule has 6 rings (SSSR count). The Kier molecular flexibility index (Phi) is 25.1. The number of ether oxygens (including phenoxy) is 8. The summed E-state index contributed by atoms with van der Waals surface area (Å²) in [4.78, 5) is 101. The molecule has 24 heteroatoms. The molecule has 84 heavy (non-hydrogen) atoms. The van der Waals surface area contributed by atoms with Crippen LogP contribution in [0, 0.1) is 12.8 Å². The zero-order chi connectivity index (χ0) is 60.8. The van der Waals surface area contributed by atoms with E-state index in [2.05, 4.69) is 21.3 Å². The molecule has 0 saturated carbocycles. The normalized spacial score (nSPS) is 14.3. The fraction of sp³-hybridized carbons (Fsp3) is 0.467. The number of alkyl carbamates (subject to hydrolysis) is 2. The average molecular weight is 1190 g/mol. The maximum absolute atomic E-state index is 14.6. The minimum Gasteiger partial charge on any atom is -0.493 e. The van der Waals surface area contributed by atoms with Crippen LogP contribution in [0.1, 0.15) is 98.7 Å². The van der Waals surface area contributed by atoms with Gasteiger partial charge in [-0.1, -0.05) is 86.5 Å². The number of fused-ring (bicyclic) bond motifs is 1. The molecule has 1 fully saturated rings. The number of hydrogen-bond donors (Lipinski definition) is 5.